The van der Waals surface area contributed by atoms with Crippen molar-refractivity contribution >= 4 is 0 Å². The Kier molecular flexibility index (Phi) is 2.16. The molecule has 3 rings (SSSR count). The van der Waals surface area contributed by atoms with Gasteiger partial charge in [-0.1, -0.05) is 45.0 Å². The molecule has 0 aromatic heterocycles. The Hall–Kier alpha value is -0.820. The van der Waals surface area contributed by atoms with Crippen LogP contribution in [0.25, 0.3) is 0 Å². The first-order valence-electron chi connectivity index (χ1n) is 6.38. The third-order valence-electron chi connectivity index (χ3n) is 4.23. The molecule has 1 aliphatic heterocycles. The average molecular weight is 215 g/mol. The van der Waals surface area contributed by atoms with Crippen LogP contribution in [-0.2, 0) is 5.41 Å². The van der Waals surface area contributed by atoms with Crippen molar-refractivity contribution in [2.24, 2.45) is 11.8 Å². The number of benzene rings is 1. The van der Waals surface area contributed by atoms with E-state index in [0.29, 0.717) is 0 Å². The highest BCUT2D eigenvalue weighted by Crippen LogP contribution is 2.55. The van der Waals surface area contributed by atoms with Crippen molar-refractivity contribution in [1.82, 2.24) is 5.32 Å². The van der Waals surface area contributed by atoms with Gasteiger partial charge in [0.1, 0.15) is 0 Å². The topological polar surface area (TPSA) is 12.0 Å². The zero-order valence-corrected chi connectivity index (χ0v) is 10.5. The maximum atomic E-state index is 3.47. The summed E-state index contributed by atoms with van der Waals surface area (Å²) in [6, 6.07) is 9.25. The van der Waals surface area contributed by atoms with Gasteiger partial charge in [-0.3, -0.25) is 0 Å². The van der Waals surface area contributed by atoms with E-state index in [-0.39, 0.29) is 5.41 Å². The summed E-state index contributed by atoms with van der Waals surface area (Å²) in [7, 11) is 0. The molecule has 0 bridgehead atoms. The minimum Gasteiger partial charge on any atom is -0.316 e. The molecule has 1 nitrogen and oxygen atoms in total. The van der Waals surface area contributed by atoms with Gasteiger partial charge in [-0.15, -0.1) is 0 Å². The Bertz CT molecular complexity index is 392. The van der Waals surface area contributed by atoms with Gasteiger partial charge in [0.2, 0.25) is 0 Å². The average Bonchev–Trinajstić information content (AvgIpc) is 2.72. The Morgan fingerprint density at radius 2 is 1.81 bits per heavy atom. The quantitative estimate of drug-likeness (QED) is 0.759. The van der Waals surface area contributed by atoms with Crippen molar-refractivity contribution in [3.63, 3.8) is 0 Å². The molecule has 1 aromatic rings. The molecule has 1 aliphatic carbocycles. The molecule has 0 spiro atoms. The smallest absolute Gasteiger partial charge is 0.00111 e. The van der Waals surface area contributed by atoms with E-state index < -0.39 is 0 Å². The first-order chi connectivity index (χ1) is 7.57. The van der Waals surface area contributed by atoms with E-state index in [0.717, 1.165) is 17.8 Å². The normalized spacial score (nSPS) is 32.6. The van der Waals surface area contributed by atoms with Crippen LogP contribution in [-0.4, -0.2) is 13.1 Å². The lowest BCUT2D eigenvalue weighted by molar-refractivity contribution is 0.588. The summed E-state index contributed by atoms with van der Waals surface area (Å²) in [5.74, 6) is 2.70. The van der Waals surface area contributed by atoms with Gasteiger partial charge in [-0.05, 0) is 47.4 Å². The molecule has 3 atom stereocenters. The predicted molar refractivity (Wildman–Crippen MR) is 67.7 cm³/mol. The van der Waals surface area contributed by atoms with Gasteiger partial charge in [0.05, 0.1) is 0 Å². The molecule has 2 aliphatic rings. The maximum absolute atomic E-state index is 3.47. The summed E-state index contributed by atoms with van der Waals surface area (Å²) in [5.41, 5.74) is 3.32. The summed E-state index contributed by atoms with van der Waals surface area (Å²) in [4.78, 5) is 0. The standard InChI is InChI=1S/C15H21N/c1-15(2,3)11-6-4-5-10(7-11)14-12-8-16-9-13(12)14/h4-7,12-14,16H,8-9H2,1-3H3/t12-,13+,14?. The van der Waals surface area contributed by atoms with E-state index in [1.807, 2.05) is 0 Å². The lowest BCUT2D eigenvalue weighted by Gasteiger charge is -2.20. The van der Waals surface area contributed by atoms with Crippen LogP contribution in [0.15, 0.2) is 24.3 Å². The third-order valence-corrected chi connectivity index (χ3v) is 4.23. The molecule has 1 unspecified atom stereocenters. The van der Waals surface area contributed by atoms with Crippen LogP contribution in [0.1, 0.15) is 37.8 Å². The van der Waals surface area contributed by atoms with E-state index in [9.17, 15) is 0 Å². The molecule has 0 radical (unpaired) electrons. The van der Waals surface area contributed by atoms with Crippen LogP contribution in [0, 0.1) is 11.8 Å². The van der Waals surface area contributed by atoms with Crippen LogP contribution >= 0.6 is 0 Å². The minimum atomic E-state index is 0.276. The van der Waals surface area contributed by atoms with Crippen molar-refractivity contribution in [3.05, 3.63) is 35.4 Å². The SMILES string of the molecule is CC(C)(C)c1cccc(C2[C@H]3CNC[C@@H]23)c1. The second-order valence-electron chi connectivity index (χ2n) is 6.39. The van der Waals surface area contributed by atoms with Crippen LogP contribution in [0.2, 0.25) is 0 Å². The Morgan fingerprint density at radius 1 is 1.12 bits per heavy atom. The van der Waals surface area contributed by atoms with Gasteiger partial charge >= 0.3 is 0 Å². The van der Waals surface area contributed by atoms with E-state index in [2.05, 4.69) is 50.4 Å². The fourth-order valence-electron chi connectivity index (χ4n) is 3.13. The monoisotopic (exact) mass is 215 g/mol. The summed E-state index contributed by atoms with van der Waals surface area (Å²) in [5, 5.41) is 3.47. The van der Waals surface area contributed by atoms with Gasteiger partial charge < -0.3 is 5.32 Å². The van der Waals surface area contributed by atoms with Crippen LogP contribution in [0.5, 0.6) is 0 Å². The Labute approximate surface area is 98.3 Å². The summed E-state index contributed by atoms with van der Waals surface area (Å²) in [6.45, 7) is 9.34. The summed E-state index contributed by atoms with van der Waals surface area (Å²) < 4.78 is 0. The molecule has 1 saturated heterocycles. The predicted octanol–water partition coefficient (Wildman–Crippen LogP) is 2.92. The fourth-order valence-corrected chi connectivity index (χ4v) is 3.13. The lowest BCUT2D eigenvalue weighted by Crippen LogP contribution is -2.15. The molecular weight excluding hydrogens is 194 g/mol. The molecule has 1 heterocycles. The van der Waals surface area contributed by atoms with Crippen LogP contribution in [0.4, 0.5) is 0 Å². The zero-order valence-electron chi connectivity index (χ0n) is 10.5. The molecule has 1 N–H and O–H groups in total. The molecule has 1 heteroatoms. The maximum Gasteiger partial charge on any atom is -0.00111 e. The van der Waals surface area contributed by atoms with E-state index in [1.165, 1.54) is 18.7 Å². The van der Waals surface area contributed by atoms with Gasteiger partial charge in [0.15, 0.2) is 0 Å². The van der Waals surface area contributed by atoms with Crippen molar-refractivity contribution in [1.29, 1.82) is 0 Å². The summed E-state index contributed by atoms with van der Waals surface area (Å²) in [6.07, 6.45) is 0. The molecular formula is C15H21N. The van der Waals surface area contributed by atoms with Crippen molar-refractivity contribution in [3.8, 4) is 0 Å². The third kappa shape index (κ3) is 1.58. The van der Waals surface area contributed by atoms with E-state index in [1.54, 1.807) is 5.56 Å². The number of fused-ring (bicyclic) bond motifs is 1. The van der Waals surface area contributed by atoms with Crippen molar-refractivity contribution < 1.29 is 0 Å². The number of hydrogen-bond acceptors (Lipinski definition) is 1. The number of nitrogens with one attached hydrogen (secondary N) is 1. The molecule has 1 saturated carbocycles. The Balaban J connectivity index is 1.87. The van der Waals surface area contributed by atoms with Gasteiger partial charge in [0, 0.05) is 0 Å². The first-order valence-corrected chi connectivity index (χ1v) is 6.38. The molecule has 2 fully saturated rings. The highest BCUT2D eigenvalue weighted by atomic mass is 15.0. The molecule has 1 aromatic carbocycles. The molecule has 0 amide bonds. The molecule has 86 valence electrons. The fraction of sp³-hybridized carbons (Fsp3) is 0.600. The van der Waals surface area contributed by atoms with Gasteiger partial charge in [-0.2, -0.15) is 0 Å². The second kappa shape index (κ2) is 3.33. The summed E-state index contributed by atoms with van der Waals surface area (Å²) >= 11 is 0. The van der Waals surface area contributed by atoms with Gasteiger partial charge in [0.25, 0.3) is 0 Å². The molecule has 16 heavy (non-hydrogen) atoms. The van der Waals surface area contributed by atoms with Gasteiger partial charge in [-0.25, -0.2) is 0 Å². The van der Waals surface area contributed by atoms with E-state index >= 15 is 0 Å². The largest absolute Gasteiger partial charge is 0.316 e. The lowest BCUT2D eigenvalue weighted by atomic mass is 9.85. The van der Waals surface area contributed by atoms with Crippen LogP contribution < -0.4 is 5.32 Å². The van der Waals surface area contributed by atoms with Crippen LogP contribution in [0.3, 0.4) is 0 Å². The van der Waals surface area contributed by atoms with Crippen molar-refractivity contribution in [2.45, 2.75) is 32.1 Å². The first kappa shape index (κ1) is 10.3. The van der Waals surface area contributed by atoms with E-state index in [4.69, 9.17) is 0 Å². The number of piperidine rings is 1. The highest BCUT2D eigenvalue weighted by molar-refractivity contribution is 5.36. The minimum absolute atomic E-state index is 0.276. The zero-order chi connectivity index (χ0) is 11.3. The number of hydrogen-bond donors (Lipinski definition) is 1. The second-order valence-corrected chi connectivity index (χ2v) is 6.39. The number of rotatable bonds is 1. The Morgan fingerprint density at radius 3 is 2.44 bits per heavy atom. The highest BCUT2D eigenvalue weighted by Gasteiger charge is 2.53. The van der Waals surface area contributed by atoms with Crippen molar-refractivity contribution in [2.75, 3.05) is 13.1 Å².